The smallest absolute Gasteiger partial charge is 0.327 e. The van der Waals surface area contributed by atoms with Crippen molar-refractivity contribution in [2.75, 3.05) is 6.61 Å². The molecule has 10 heteroatoms. The summed E-state index contributed by atoms with van der Waals surface area (Å²) in [6.45, 7) is 6.57. The Morgan fingerprint density at radius 3 is 2.64 bits per heavy atom. The molecule has 0 fully saturated rings. The molecule has 188 valence electrons. The SMILES string of the molecule is CCOC(=O)Cn1nnnc1[C@H](CC)N(Cc1ccc(F)cc1)Cc1cc2cc(C)ccc2[nH]c1=O. The molecule has 0 amide bonds. The van der Waals surface area contributed by atoms with Crippen LogP contribution in [0.25, 0.3) is 10.9 Å². The van der Waals surface area contributed by atoms with Crippen LogP contribution in [0.2, 0.25) is 0 Å². The number of nitrogens with zero attached hydrogens (tertiary/aromatic N) is 5. The number of aryl methyl sites for hydroxylation is 1. The average molecular weight is 493 g/mol. The molecular formula is C26H29FN6O3. The number of pyridine rings is 1. The first kappa shape index (κ1) is 25.2. The maximum atomic E-state index is 13.6. The van der Waals surface area contributed by atoms with Crippen molar-refractivity contribution < 1.29 is 13.9 Å². The van der Waals surface area contributed by atoms with Crippen molar-refractivity contribution in [3.8, 4) is 0 Å². The molecule has 1 N–H and O–H groups in total. The predicted molar refractivity (Wildman–Crippen MR) is 132 cm³/mol. The third kappa shape index (κ3) is 5.83. The first-order valence-corrected chi connectivity index (χ1v) is 11.9. The zero-order valence-corrected chi connectivity index (χ0v) is 20.6. The molecule has 0 spiro atoms. The van der Waals surface area contributed by atoms with Gasteiger partial charge in [0.2, 0.25) is 0 Å². The van der Waals surface area contributed by atoms with Crippen LogP contribution in [-0.4, -0.2) is 42.7 Å². The zero-order valence-electron chi connectivity index (χ0n) is 20.6. The van der Waals surface area contributed by atoms with Crippen molar-refractivity contribution in [3.05, 3.63) is 87.2 Å². The molecule has 0 radical (unpaired) electrons. The monoisotopic (exact) mass is 492 g/mol. The van der Waals surface area contributed by atoms with Crippen LogP contribution in [-0.2, 0) is 29.2 Å². The van der Waals surface area contributed by atoms with Gasteiger partial charge in [-0.05, 0) is 72.0 Å². The van der Waals surface area contributed by atoms with E-state index in [-0.39, 0.29) is 30.6 Å². The molecule has 0 aliphatic carbocycles. The largest absolute Gasteiger partial charge is 0.465 e. The van der Waals surface area contributed by atoms with Gasteiger partial charge in [-0.25, -0.2) is 9.07 Å². The lowest BCUT2D eigenvalue weighted by atomic mass is 10.1. The molecule has 4 aromatic rings. The highest BCUT2D eigenvalue weighted by atomic mass is 19.1. The van der Waals surface area contributed by atoms with Crippen molar-refractivity contribution in [2.24, 2.45) is 0 Å². The van der Waals surface area contributed by atoms with Crippen LogP contribution in [0.4, 0.5) is 4.39 Å². The molecule has 0 bridgehead atoms. The highest BCUT2D eigenvalue weighted by Gasteiger charge is 2.27. The van der Waals surface area contributed by atoms with Crippen molar-refractivity contribution >= 4 is 16.9 Å². The Morgan fingerprint density at radius 2 is 1.92 bits per heavy atom. The van der Waals surface area contributed by atoms with Gasteiger partial charge in [0.25, 0.3) is 5.56 Å². The summed E-state index contributed by atoms with van der Waals surface area (Å²) in [5.74, 6) is -0.273. The Hall–Kier alpha value is -3.92. The van der Waals surface area contributed by atoms with Gasteiger partial charge in [-0.2, -0.15) is 0 Å². The summed E-state index contributed by atoms with van der Waals surface area (Å²) in [4.78, 5) is 30.1. The lowest BCUT2D eigenvalue weighted by Gasteiger charge is -2.30. The fourth-order valence-corrected chi connectivity index (χ4v) is 4.30. The van der Waals surface area contributed by atoms with Crippen LogP contribution in [0.15, 0.2) is 53.3 Å². The van der Waals surface area contributed by atoms with Gasteiger partial charge >= 0.3 is 5.97 Å². The van der Waals surface area contributed by atoms with E-state index in [1.165, 1.54) is 16.8 Å². The van der Waals surface area contributed by atoms with Crippen LogP contribution in [0.1, 0.15) is 48.8 Å². The Kier molecular flexibility index (Phi) is 7.84. The molecule has 0 aliphatic rings. The third-order valence-electron chi connectivity index (χ3n) is 6.02. The Balaban J connectivity index is 1.72. The summed E-state index contributed by atoms with van der Waals surface area (Å²) in [6, 6.07) is 13.7. The number of aromatic amines is 1. The van der Waals surface area contributed by atoms with E-state index >= 15 is 0 Å². The number of fused-ring (bicyclic) bond motifs is 1. The molecule has 0 saturated heterocycles. The Bertz CT molecular complexity index is 1400. The molecule has 2 aromatic heterocycles. The van der Waals surface area contributed by atoms with Crippen LogP contribution in [0.5, 0.6) is 0 Å². The maximum absolute atomic E-state index is 13.6. The van der Waals surface area contributed by atoms with Crippen molar-refractivity contribution in [2.45, 2.75) is 52.9 Å². The number of nitrogens with one attached hydrogen (secondary N) is 1. The quantitative estimate of drug-likeness (QED) is 0.337. The summed E-state index contributed by atoms with van der Waals surface area (Å²) in [7, 11) is 0. The maximum Gasteiger partial charge on any atom is 0.327 e. The number of carbonyl (C=O) groups is 1. The topological polar surface area (TPSA) is 106 Å². The number of benzene rings is 2. The van der Waals surface area contributed by atoms with Gasteiger partial charge in [0, 0.05) is 24.2 Å². The van der Waals surface area contributed by atoms with Gasteiger partial charge in [0.15, 0.2) is 5.82 Å². The lowest BCUT2D eigenvalue weighted by Crippen LogP contribution is -2.33. The van der Waals surface area contributed by atoms with E-state index in [1.807, 2.05) is 38.1 Å². The lowest BCUT2D eigenvalue weighted by molar-refractivity contribution is -0.144. The third-order valence-corrected chi connectivity index (χ3v) is 6.02. The average Bonchev–Trinajstić information content (AvgIpc) is 3.29. The van der Waals surface area contributed by atoms with Gasteiger partial charge in [-0.15, -0.1) is 5.10 Å². The van der Waals surface area contributed by atoms with E-state index in [2.05, 4.69) is 25.4 Å². The Morgan fingerprint density at radius 1 is 1.14 bits per heavy atom. The second kappa shape index (κ2) is 11.2. The van der Waals surface area contributed by atoms with Crippen LogP contribution >= 0.6 is 0 Å². The van der Waals surface area contributed by atoms with Crippen molar-refractivity contribution in [1.29, 1.82) is 0 Å². The molecule has 1 atom stereocenters. The summed E-state index contributed by atoms with van der Waals surface area (Å²) >= 11 is 0. The first-order valence-electron chi connectivity index (χ1n) is 11.9. The number of H-pyrrole nitrogens is 1. The number of ether oxygens (including phenoxy) is 1. The normalized spacial score (nSPS) is 12.2. The van der Waals surface area contributed by atoms with E-state index < -0.39 is 5.97 Å². The molecule has 0 aliphatic heterocycles. The molecular weight excluding hydrogens is 463 g/mol. The number of hydrogen-bond donors (Lipinski definition) is 1. The number of tetrazole rings is 1. The minimum Gasteiger partial charge on any atom is -0.465 e. The number of halogens is 1. The summed E-state index contributed by atoms with van der Waals surface area (Å²) in [5.41, 5.74) is 3.12. The van der Waals surface area contributed by atoms with E-state index in [0.29, 0.717) is 30.9 Å². The second-order valence-electron chi connectivity index (χ2n) is 8.67. The van der Waals surface area contributed by atoms with Crippen LogP contribution in [0, 0.1) is 12.7 Å². The van der Waals surface area contributed by atoms with Crippen LogP contribution < -0.4 is 5.56 Å². The van der Waals surface area contributed by atoms with Gasteiger partial charge in [-0.3, -0.25) is 14.5 Å². The van der Waals surface area contributed by atoms with Crippen molar-refractivity contribution in [1.82, 2.24) is 30.1 Å². The van der Waals surface area contributed by atoms with Gasteiger partial charge in [0.05, 0.1) is 12.6 Å². The summed E-state index contributed by atoms with van der Waals surface area (Å²) in [6.07, 6.45) is 0.606. The standard InChI is InChI=1S/C26H29FN6O3/c1-4-23(25-29-30-31-33(25)16-24(34)36-5-2)32(14-18-7-9-21(27)10-8-18)15-20-13-19-12-17(3)6-11-22(19)28-26(20)35/h6-13,23H,4-5,14-16H2,1-3H3,(H,28,35)/t23-/m0/s1. The predicted octanol–water partition coefficient (Wildman–Crippen LogP) is 3.68. The summed E-state index contributed by atoms with van der Waals surface area (Å²) in [5, 5.41) is 12.9. The van der Waals surface area contributed by atoms with Crippen LogP contribution in [0.3, 0.4) is 0 Å². The highest BCUT2D eigenvalue weighted by molar-refractivity contribution is 5.79. The van der Waals surface area contributed by atoms with E-state index in [9.17, 15) is 14.0 Å². The fourth-order valence-electron chi connectivity index (χ4n) is 4.30. The number of hydrogen-bond acceptors (Lipinski definition) is 7. The van der Waals surface area contributed by atoms with E-state index in [1.54, 1.807) is 19.1 Å². The Labute approximate surface area is 207 Å². The molecule has 36 heavy (non-hydrogen) atoms. The first-order chi connectivity index (χ1) is 17.4. The molecule has 2 aromatic carbocycles. The van der Waals surface area contributed by atoms with E-state index in [0.717, 1.165) is 22.0 Å². The molecule has 9 nitrogen and oxygen atoms in total. The number of aromatic nitrogens is 5. The minimum absolute atomic E-state index is 0.118. The molecule has 2 heterocycles. The zero-order chi connectivity index (χ0) is 25.7. The number of esters is 1. The highest BCUT2D eigenvalue weighted by Crippen LogP contribution is 2.27. The summed E-state index contributed by atoms with van der Waals surface area (Å²) < 4.78 is 20.0. The number of carbonyl (C=O) groups excluding carboxylic acids is 1. The van der Waals surface area contributed by atoms with E-state index in [4.69, 9.17) is 4.74 Å². The second-order valence-corrected chi connectivity index (χ2v) is 8.67. The van der Waals surface area contributed by atoms with Gasteiger partial charge < -0.3 is 9.72 Å². The number of rotatable bonds is 10. The fraction of sp³-hybridized carbons (Fsp3) is 0.346. The minimum atomic E-state index is -0.438. The molecule has 4 rings (SSSR count). The van der Waals surface area contributed by atoms with Gasteiger partial charge in [-0.1, -0.05) is 30.7 Å². The molecule has 0 saturated carbocycles. The van der Waals surface area contributed by atoms with Gasteiger partial charge in [0.1, 0.15) is 12.4 Å². The molecule has 0 unspecified atom stereocenters. The van der Waals surface area contributed by atoms with Crippen molar-refractivity contribution in [3.63, 3.8) is 0 Å².